The van der Waals surface area contributed by atoms with Crippen molar-refractivity contribution >= 4 is 37.3 Å². The van der Waals surface area contributed by atoms with E-state index in [2.05, 4.69) is 17.4 Å². The second kappa shape index (κ2) is 10.0. The van der Waals surface area contributed by atoms with Crippen LogP contribution in [0.15, 0.2) is 59.5 Å². The van der Waals surface area contributed by atoms with E-state index in [1.807, 2.05) is 24.3 Å². The summed E-state index contributed by atoms with van der Waals surface area (Å²) in [5.41, 5.74) is 3.76. The minimum atomic E-state index is -3.27. The molecule has 0 amide bonds. The third kappa shape index (κ3) is 6.04. The topological polar surface area (TPSA) is 105 Å². The van der Waals surface area contributed by atoms with Crippen LogP contribution in [0.5, 0.6) is 0 Å². The lowest BCUT2D eigenvalue weighted by atomic mass is 9.93. The summed E-state index contributed by atoms with van der Waals surface area (Å²) in [5, 5.41) is 14.2. The van der Waals surface area contributed by atoms with Gasteiger partial charge in [-0.15, -0.1) is 11.3 Å². The summed E-state index contributed by atoms with van der Waals surface area (Å²) in [7, 11) is -3.27. The molecule has 1 aliphatic rings. The van der Waals surface area contributed by atoms with E-state index in [4.69, 9.17) is 15.0 Å². The zero-order valence-corrected chi connectivity index (χ0v) is 21.1. The Labute approximate surface area is 209 Å². The molecule has 7 nitrogen and oxygen atoms in total. The fraction of sp³-hybridized carbons (Fsp3) is 0.346. The molecule has 0 bridgehead atoms. The van der Waals surface area contributed by atoms with Crippen LogP contribution in [0.25, 0.3) is 10.2 Å². The third-order valence-electron chi connectivity index (χ3n) is 6.25. The van der Waals surface area contributed by atoms with Gasteiger partial charge in [-0.1, -0.05) is 30.3 Å². The van der Waals surface area contributed by atoms with Crippen molar-refractivity contribution in [3.63, 3.8) is 0 Å². The van der Waals surface area contributed by atoms with Crippen LogP contribution in [0.2, 0.25) is 0 Å². The van der Waals surface area contributed by atoms with Crippen molar-refractivity contribution in [3.05, 3.63) is 76.6 Å². The maximum Gasteiger partial charge on any atom is 0.223 e. The normalized spacial score (nSPS) is 18.6. The minimum absolute atomic E-state index is 0.212. The van der Waals surface area contributed by atoms with E-state index in [0.717, 1.165) is 52.3 Å². The number of fused-ring (bicyclic) bond motifs is 1. The van der Waals surface area contributed by atoms with Crippen LogP contribution in [0.3, 0.4) is 0 Å². The van der Waals surface area contributed by atoms with Crippen molar-refractivity contribution in [2.75, 3.05) is 11.6 Å². The molecule has 5 rings (SSSR count). The van der Waals surface area contributed by atoms with Gasteiger partial charge in [-0.3, -0.25) is 0 Å². The standard InChI is InChI=1S/C26H28N4O3S2/c1-35(32,33)22-11-12-23-24(16-22)34-25(30-23)15-20-14-19(13-17-5-3-2-4-6-17)28-26(29-20)27-18-7-9-21(31)10-8-18/h2-6,11-12,14,16,18,21,31H,7-10,13,15H2,1H3,(H,27,28,29). The van der Waals surface area contributed by atoms with Gasteiger partial charge in [0.25, 0.3) is 0 Å². The van der Waals surface area contributed by atoms with E-state index < -0.39 is 9.84 Å². The SMILES string of the molecule is CS(=O)(=O)c1ccc2nc(Cc3cc(Cc4ccccc4)nc(NC4CCC(O)CC4)n3)sc2c1. The summed E-state index contributed by atoms with van der Waals surface area (Å²) < 4.78 is 24.7. The van der Waals surface area contributed by atoms with Gasteiger partial charge in [-0.25, -0.2) is 23.4 Å². The van der Waals surface area contributed by atoms with Gasteiger partial charge < -0.3 is 10.4 Å². The highest BCUT2D eigenvalue weighted by Crippen LogP contribution is 2.27. The summed E-state index contributed by atoms with van der Waals surface area (Å²) in [5.74, 6) is 0.607. The number of aliphatic hydroxyl groups excluding tert-OH is 1. The quantitative estimate of drug-likeness (QED) is 0.381. The van der Waals surface area contributed by atoms with Gasteiger partial charge in [0.15, 0.2) is 9.84 Å². The number of nitrogens with zero attached hydrogens (tertiary/aromatic N) is 3. The smallest absolute Gasteiger partial charge is 0.223 e. The van der Waals surface area contributed by atoms with Crippen LogP contribution in [-0.2, 0) is 22.7 Å². The number of hydrogen-bond donors (Lipinski definition) is 2. The number of benzene rings is 2. The highest BCUT2D eigenvalue weighted by atomic mass is 32.2. The molecule has 9 heteroatoms. The van der Waals surface area contributed by atoms with Crippen molar-refractivity contribution in [2.45, 2.75) is 55.6 Å². The van der Waals surface area contributed by atoms with Crippen LogP contribution in [0.1, 0.15) is 47.6 Å². The Hall–Kier alpha value is -2.88. The first-order chi connectivity index (χ1) is 16.8. The molecule has 0 aliphatic heterocycles. The van der Waals surface area contributed by atoms with E-state index in [1.54, 1.807) is 18.2 Å². The van der Waals surface area contributed by atoms with Crippen molar-refractivity contribution < 1.29 is 13.5 Å². The summed E-state index contributed by atoms with van der Waals surface area (Å²) in [6, 6.07) is 17.6. The molecule has 1 aliphatic carbocycles. The van der Waals surface area contributed by atoms with E-state index in [9.17, 15) is 13.5 Å². The highest BCUT2D eigenvalue weighted by molar-refractivity contribution is 7.90. The first-order valence-electron chi connectivity index (χ1n) is 11.8. The molecule has 0 atom stereocenters. The van der Waals surface area contributed by atoms with E-state index in [0.29, 0.717) is 23.7 Å². The second-order valence-corrected chi connectivity index (χ2v) is 12.3. The number of aliphatic hydroxyl groups is 1. The van der Waals surface area contributed by atoms with Gasteiger partial charge in [0.1, 0.15) is 0 Å². The molecule has 1 saturated carbocycles. The molecule has 1 fully saturated rings. The van der Waals surface area contributed by atoms with Gasteiger partial charge in [-0.2, -0.15) is 0 Å². The van der Waals surface area contributed by atoms with Crippen molar-refractivity contribution in [3.8, 4) is 0 Å². The van der Waals surface area contributed by atoms with Gasteiger partial charge in [0.2, 0.25) is 5.95 Å². The molecular weight excluding hydrogens is 480 g/mol. The minimum Gasteiger partial charge on any atom is -0.393 e. The molecule has 182 valence electrons. The van der Waals surface area contributed by atoms with E-state index in [-0.39, 0.29) is 12.1 Å². The lowest BCUT2D eigenvalue weighted by molar-refractivity contribution is 0.126. The molecule has 2 N–H and O–H groups in total. The molecule has 0 spiro atoms. The fourth-order valence-electron chi connectivity index (χ4n) is 4.42. The number of hydrogen-bond acceptors (Lipinski definition) is 8. The zero-order valence-electron chi connectivity index (χ0n) is 19.5. The molecule has 0 unspecified atom stereocenters. The Morgan fingerprint density at radius 2 is 1.66 bits per heavy atom. The molecule has 4 aromatic rings. The Bertz CT molecular complexity index is 1430. The highest BCUT2D eigenvalue weighted by Gasteiger charge is 2.20. The first-order valence-corrected chi connectivity index (χ1v) is 14.5. The second-order valence-electron chi connectivity index (χ2n) is 9.17. The van der Waals surface area contributed by atoms with Crippen molar-refractivity contribution in [2.24, 2.45) is 0 Å². The number of rotatable bonds is 7. The van der Waals surface area contributed by atoms with Gasteiger partial charge >= 0.3 is 0 Å². The van der Waals surface area contributed by atoms with E-state index in [1.165, 1.54) is 23.2 Å². The summed E-state index contributed by atoms with van der Waals surface area (Å²) in [6.45, 7) is 0. The maximum absolute atomic E-state index is 11.9. The fourth-order valence-corrected chi connectivity index (χ4v) is 6.16. The number of thiazole rings is 1. The van der Waals surface area contributed by atoms with Crippen LogP contribution in [-0.4, -0.2) is 46.9 Å². The van der Waals surface area contributed by atoms with E-state index >= 15 is 0 Å². The monoisotopic (exact) mass is 508 g/mol. The van der Waals surface area contributed by atoms with Gasteiger partial charge in [-0.05, 0) is 55.5 Å². The molecule has 0 radical (unpaired) electrons. The number of nitrogens with one attached hydrogen (secondary N) is 1. The summed E-state index contributed by atoms with van der Waals surface area (Å²) in [4.78, 5) is 14.6. The van der Waals surface area contributed by atoms with Gasteiger partial charge in [0, 0.05) is 25.1 Å². The van der Waals surface area contributed by atoms with Crippen LogP contribution >= 0.6 is 11.3 Å². The average molecular weight is 509 g/mol. The van der Waals surface area contributed by atoms with Crippen LogP contribution in [0, 0.1) is 0 Å². The predicted octanol–water partition coefficient (Wildman–Crippen LogP) is 4.39. The van der Waals surface area contributed by atoms with Gasteiger partial charge in [0.05, 0.1) is 37.6 Å². The summed E-state index contributed by atoms with van der Waals surface area (Å²) >= 11 is 1.49. The molecule has 0 saturated heterocycles. The van der Waals surface area contributed by atoms with Crippen molar-refractivity contribution in [1.29, 1.82) is 0 Å². The lowest BCUT2D eigenvalue weighted by Gasteiger charge is -2.26. The maximum atomic E-state index is 11.9. The zero-order chi connectivity index (χ0) is 24.4. The molecule has 2 aromatic carbocycles. The Morgan fingerprint density at radius 1 is 0.943 bits per heavy atom. The first kappa shape index (κ1) is 23.8. The molecule has 35 heavy (non-hydrogen) atoms. The molecular formula is C26H28N4O3S2. The Morgan fingerprint density at radius 3 is 2.37 bits per heavy atom. The average Bonchev–Trinajstić information content (AvgIpc) is 3.22. The van der Waals surface area contributed by atoms with Crippen molar-refractivity contribution in [1.82, 2.24) is 15.0 Å². The Kier molecular flexibility index (Phi) is 6.82. The Balaban J connectivity index is 1.43. The largest absolute Gasteiger partial charge is 0.393 e. The molecule has 2 aromatic heterocycles. The van der Waals surface area contributed by atoms with Crippen LogP contribution in [0.4, 0.5) is 5.95 Å². The van der Waals surface area contributed by atoms with Crippen LogP contribution < -0.4 is 5.32 Å². The summed E-state index contributed by atoms with van der Waals surface area (Å²) in [6.07, 6.45) is 5.60. The predicted molar refractivity (Wildman–Crippen MR) is 139 cm³/mol. The number of aromatic nitrogens is 3. The third-order valence-corrected chi connectivity index (χ3v) is 8.38. The lowest BCUT2D eigenvalue weighted by Crippen LogP contribution is -2.29. The number of sulfone groups is 1. The molecule has 2 heterocycles. The number of anilines is 1.